The van der Waals surface area contributed by atoms with Crippen molar-refractivity contribution in [1.82, 2.24) is 4.98 Å². The molecule has 0 aromatic carbocycles. The molecule has 0 atom stereocenters. The molecule has 1 rings (SSSR count). The van der Waals surface area contributed by atoms with E-state index in [4.69, 9.17) is 5.11 Å². The Morgan fingerprint density at radius 1 is 1.16 bits per heavy atom. The average Bonchev–Trinajstić information content (AvgIpc) is 2.23. The van der Waals surface area contributed by atoms with Crippen LogP contribution in [0.4, 0.5) is 30.7 Å². The fourth-order valence-corrected chi connectivity index (χ4v) is 1.12. The molecule has 0 bridgehead atoms. The molecule has 0 aliphatic heterocycles. The van der Waals surface area contributed by atoms with Gasteiger partial charge in [-0.3, -0.25) is 0 Å². The van der Waals surface area contributed by atoms with E-state index in [0.29, 0.717) is 12.3 Å². The largest absolute Gasteiger partial charge is 0.454 e. The molecule has 1 N–H and O–H groups in total. The number of hydrogen-bond acceptors (Lipinski definition) is 3. The number of ether oxygens (including phenoxy) is 1. The molecule has 0 saturated heterocycles. The molecule has 108 valence electrons. The molecule has 0 amide bonds. The van der Waals surface area contributed by atoms with Crippen LogP contribution < -0.4 is 4.74 Å². The van der Waals surface area contributed by atoms with Gasteiger partial charge in [0.05, 0.1) is 12.8 Å². The molecule has 1 aromatic rings. The molecule has 1 aromatic heterocycles. The summed E-state index contributed by atoms with van der Waals surface area (Å²) in [7, 11) is 0. The van der Waals surface area contributed by atoms with Crippen LogP contribution in [0, 0.1) is 5.82 Å². The Balaban J connectivity index is 3.11. The Morgan fingerprint density at radius 2 is 1.68 bits per heavy atom. The van der Waals surface area contributed by atoms with Gasteiger partial charge in [0.1, 0.15) is 5.82 Å². The predicted molar refractivity (Wildman–Crippen MR) is 46.6 cm³/mol. The van der Waals surface area contributed by atoms with Gasteiger partial charge in [-0.25, -0.2) is 9.37 Å². The van der Waals surface area contributed by atoms with E-state index in [1.165, 1.54) is 0 Å². The third-order valence-corrected chi connectivity index (χ3v) is 1.89. The molecule has 3 nitrogen and oxygen atoms in total. The molecule has 0 saturated carbocycles. The molecule has 0 fully saturated rings. The van der Waals surface area contributed by atoms with Crippen molar-refractivity contribution in [3.63, 3.8) is 0 Å². The first kappa shape index (κ1) is 15.5. The summed E-state index contributed by atoms with van der Waals surface area (Å²) in [5.74, 6) is -2.17. The SMILES string of the molecule is OCc1cc(F)cnc1OC(C(F)(F)F)C(F)(F)F. The summed E-state index contributed by atoms with van der Waals surface area (Å²) in [5, 5.41) is 8.71. The van der Waals surface area contributed by atoms with Crippen molar-refractivity contribution in [2.75, 3.05) is 0 Å². The minimum absolute atomic E-state index is 0.373. The number of alkyl halides is 6. The highest BCUT2D eigenvalue weighted by atomic mass is 19.4. The van der Waals surface area contributed by atoms with Crippen LogP contribution in [0.5, 0.6) is 5.88 Å². The van der Waals surface area contributed by atoms with Crippen molar-refractivity contribution in [2.24, 2.45) is 0 Å². The number of nitrogens with zero attached hydrogens (tertiary/aromatic N) is 1. The van der Waals surface area contributed by atoms with E-state index in [2.05, 4.69) is 9.72 Å². The molecular weight excluding hydrogens is 287 g/mol. The average molecular weight is 293 g/mol. The number of aliphatic hydroxyl groups excluding tert-OH is 1. The molecule has 19 heavy (non-hydrogen) atoms. The summed E-state index contributed by atoms with van der Waals surface area (Å²) in [6, 6.07) is 0.520. The quantitative estimate of drug-likeness (QED) is 0.871. The summed E-state index contributed by atoms with van der Waals surface area (Å²) in [5.41, 5.74) is -0.626. The van der Waals surface area contributed by atoms with Gasteiger partial charge in [-0.15, -0.1) is 0 Å². The molecule has 0 spiro atoms. The second-order valence-corrected chi connectivity index (χ2v) is 3.36. The lowest BCUT2D eigenvalue weighted by molar-refractivity contribution is -0.300. The van der Waals surface area contributed by atoms with Crippen LogP contribution in [0.2, 0.25) is 0 Å². The maximum Gasteiger partial charge on any atom is 0.434 e. The first-order valence-electron chi connectivity index (χ1n) is 4.61. The van der Waals surface area contributed by atoms with Crippen molar-refractivity contribution in [2.45, 2.75) is 25.1 Å². The van der Waals surface area contributed by atoms with Crippen molar-refractivity contribution in [1.29, 1.82) is 0 Å². The second-order valence-electron chi connectivity index (χ2n) is 3.36. The molecular formula is C9H6F7NO2. The van der Waals surface area contributed by atoms with Crippen molar-refractivity contribution in [3.05, 3.63) is 23.6 Å². The zero-order chi connectivity index (χ0) is 14.8. The minimum atomic E-state index is -5.72. The van der Waals surface area contributed by atoms with Gasteiger partial charge < -0.3 is 9.84 Å². The topological polar surface area (TPSA) is 42.4 Å². The van der Waals surface area contributed by atoms with Crippen molar-refractivity contribution >= 4 is 0 Å². The van der Waals surface area contributed by atoms with Crippen molar-refractivity contribution < 1.29 is 40.6 Å². The highest BCUT2D eigenvalue weighted by Crippen LogP contribution is 2.36. The second kappa shape index (κ2) is 5.19. The van der Waals surface area contributed by atoms with Crippen LogP contribution in [-0.4, -0.2) is 28.5 Å². The Morgan fingerprint density at radius 3 is 2.11 bits per heavy atom. The third kappa shape index (κ3) is 3.94. The van der Waals surface area contributed by atoms with E-state index in [0.717, 1.165) is 0 Å². The van der Waals surface area contributed by atoms with Crippen molar-refractivity contribution in [3.8, 4) is 5.88 Å². The normalized spacial score (nSPS) is 12.9. The Kier molecular flexibility index (Phi) is 4.23. The van der Waals surface area contributed by atoms with Crippen LogP contribution in [0.1, 0.15) is 5.56 Å². The Labute approximate surface area is 101 Å². The standard InChI is InChI=1S/C9H6F7NO2/c10-5-1-4(3-18)6(17-2-5)19-7(8(11,12)13)9(14,15)16/h1-2,7,18H,3H2. The first-order chi connectivity index (χ1) is 8.55. The number of rotatable bonds is 3. The number of aromatic nitrogens is 1. The van der Waals surface area contributed by atoms with Gasteiger partial charge in [0.15, 0.2) is 0 Å². The predicted octanol–water partition coefficient (Wildman–Crippen LogP) is 2.59. The lowest BCUT2D eigenvalue weighted by Gasteiger charge is -2.24. The zero-order valence-electron chi connectivity index (χ0n) is 8.89. The van der Waals surface area contributed by atoms with Crippen LogP contribution in [-0.2, 0) is 6.61 Å². The van der Waals surface area contributed by atoms with E-state index in [1.807, 2.05) is 0 Å². The number of hydrogen-bond donors (Lipinski definition) is 1. The lowest BCUT2D eigenvalue weighted by atomic mass is 10.2. The third-order valence-electron chi connectivity index (χ3n) is 1.89. The van der Waals surface area contributed by atoms with Gasteiger partial charge >= 0.3 is 12.4 Å². The van der Waals surface area contributed by atoms with Gasteiger partial charge in [0.25, 0.3) is 6.10 Å². The lowest BCUT2D eigenvalue weighted by Crippen LogP contribution is -2.46. The van der Waals surface area contributed by atoms with Crippen LogP contribution in [0.3, 0.4) is 0 Å². The fraction of sp³-hybridized carbons (Fsp3) is 0.444. The van der Waals surface area contributed by atoms with Crippen LogP contribution in [0.25, 0.3) is 0 Å². The minimum Gasteiger partial charge on any atom is -0.454 e. The highest BCUT2D eigenvalue weighted by Gasteiger charge is 2.59. The van der Waals surface area contributed by atoms with Crippen LogP contribution >= 0.6 is 0 Å². The van der Waals surface area contributed by atoms with E-state index in [9.17, 15) is 30.7 Å². The van der Waals surface area contributed by atoms with E-state index in [1.54, 1.807) is 0 Å². The van der Waals surface area contributed by atoms with E-state index < -0.39 is 42.3 Å². The van der Waals surface area contributed by atoms with Gasteiger partial charge in [-0.2, -0.15) is 26.3 Å². The van der Waals surface area contributed by atoms with Gasteiger partial charge in [0, 0.05) is 5.56 Å². The van der Waals surface area contributed by atoms with Gasteiger partial charge in [0.2, 0.25) is 5.88 Å². The molecule has 10 heteroatoms. The maximum absolute atomic E-state index is 12.7. The molecule has 1 heterocycles. The van der Waals surface area contributed by atoms with Gasteiger partial charge in [-0.1, -0.05) is 0 Å². The first-order valence-corrected chi connectivity index (χ1v) is 4.61. The number of aliphatic hydroxyl groups is 1. The molecule has 0 aliphatic rings. The highest BCUT2D eigenvalue weighted by molar-refractivity contribution is 5.25. The monoisotopic (exact) mass is 293 g/mol. The smallest absolute Gasteiger partial charge is 0.434 e. The molecule has 0 aliphatic carbocycles. The summed E-state index contributed by atoms with van der Waals surface area (Å²) in [6.45, 7) is -1.03. The summed E-state index contributed by atoms with van der Waals surface area (Å²) < 4.78 is 89.6. The fourth-order valence-electron chi connectivity index (χ4n) is 1.12. The summed E-state index contributed by atoms with van der Waals surface area (Å²) in [6.07, 6.45) is -15.2. The summed E-state index contributed by atoms with van der Waals surface area (Å²) in [4.78, 5) is 2.96. The zero-order valence-corrected chi connectivity index (χ0v) is 8.89. The maximum atomic E-state index is 12.7. The summed E-state index contributed by atoms with van der Waals surface area (Å²) >= 11 is 0. The van der Waals surface area contributed by atoms with E-state index in [-0.39, 0.29) is 0 Å². The number of pyridine rings is 1. The van der Waals surface area contributed by atoms with Crippen LogP contribution in [0.15, 0.2) is 12.3 Å². The Hall–Kier alpha value is -1.58. The molecule has 0 unspecified atom stereocenters. The Bertz CT molecular complexity index is 429. The van der Waals surface area contributed by atoms with E-state index >= 15 is 0 Å². The number of halogens is 7. The molecule has 0 radical (unpaired) electrons. The van der Waals surface area contributed by atoms with Gasteiger partial charge in [-0.05, 0) is 6.07 Å².